The van der Waals surface area contributed by atoms with Crippen LogP contribution >= 0.6 is 0 Å². The van der Waals surface area contributed by atoms with E-state index in [2.05, 4.69) is 29.2 Å². The van der Waals surface area contributed by atoms with Crippen LogP contribution in [0.3, 0.4) is 0 Å². The Morgan fingerprint density at radius 1 is 1.00 bits per heavy atom. The lowest BCUT2D eigenvalue weighted by Gasteiger charge is -2.34. The molecule has 0 unspecified atom stereocenters. The van der Waals surface area contributed by atoms with Gasteiger partial charge in [0.15, 0.2) is 0 Å². The average molecular weight is 327 g/mol. The van der Waals surface area contributed by atoms with Gasteiger partial charge in [-0.15, -0.1) is 0 Å². The van der Waals surface area contributed by atoms with E-state index in [0.29, 0.717) is 5.91 Å². The maximum absolute atomic E-state index is 13.0. The highest BCUT2D eigenvalue weighted by Gasteiger charge is 2.31. The number of hydrogen-bond donors (Lipinski definition) is 1. The second kappa shape index (κ2) is 8.48. The van der Waals surface area contributed by atoms with Gasteiger partial charge in [-0.05, 0) is 44.1 Å². The molecule has 1 amide bonds. The minimum Gasteiger partial charge on any atom is -0.393 e. The Hall–Kier alpha value is -1.61. The van der Waals surface area contributed by atoms with Gasteiger partial charge in [-0.1, -0.05) is 55.3 Å². The van der Waals surface area contributed by atoms with Crippen LogP contribution in [0.1, 0.15) is 56.9 Å². The lowest BCUT2D eigenvalue weighted by atomic mass is 9.86. The first-order valence-electron chi connectivity index (χ1n) is 9.46. The van der Waals surface area contributed by atoms with Gasteiger partial charge in [0.25, 0.3) is 0 Å². The number of aliphatic hydroxyl groups excluding tert-OH is 1. The summed E-state index contributed by atoms with van der Waals surface area (Å²) in [5.41, 5.74) is 1.19. The van der Waals surface area contributed by atoms with E-state index in [1.807, 2.05) is 18.2 Å². The smallest absolute Gasteiger partial charge is 0.226 e. The van der Waals surface area contributed by atoms with Crippen molar-refractivity contribution in [1.82, 2.24) is 4.90 Å². The third-order valence-electron chi connectivity index (χ3n) is 5.44. The molecule has 1 aromatic carbocycles. The molecule has 1 aliphatic carbocycles. The van der Waals surface area contributed by atoms with Crippen molar-refractivity contribution in [3.8, 4) is 0 Å². The molecule has 2 fully saturated rings. The molecule has 1 atom stereocenters. The average Bonchev–Trinajstić information content (AvgIpc) is 2.86. The van der Waals surface area contributed by atoms with Crippen LogP contribution in [0.25, 0.3) is 6.08 Å². The molecule has 130 valence electrons. The SMILES string of the molecule is O=C(C1CCC(O)CC1)N1CCCCC[C@H]1/C=C/c1ccccc1. The summed E-state index contributed by atoms with van der Waals surface area (Å²) >= 11 is 0. The minimum atomic E-state index is -0.202. The van der Waals surface area contributed by atoms with Gasteiger partial charge in [-0.3, -0.25) is 4.79 Å². The summed E-state index contributed by atoms with van der Waals surface area (Å²) in [4.78, 5) is 15.2. The molecule has 1 aliphatic heterocycles. The molecule has 1 heterocycles. The van der Waals surface area contributed by atoms with Gasteiger partial charge in [0.1, 0.15) is 0 Å². The van der Waals surface area contributed by atoms with Crippen molar-refractivity contribution in [1.29, 1.82) is 0 Å². The van der Waals surface area contributed by atoms with E-state index in [1.165, 1.54) is 18.4 Å². The van der Waals surface area contributed by atoms with Crippen molar-refractivity contribution in [2.45, 2.75) is 63.5 Å². The zero-order valence-electron chi connectivity index (χ0n) is 14.4. The second-order valence-electron chi connectivity index (χ2n) is 7.22. The Labute approximate surface area is 145 Å². The molecule has 0 spiro atoms. The van der Waals surface area contributed by atoms with E-state index in [1.54, 1.807) is 0 Å². The highest BCUT2D eigenvalue weighted by atomic mass is 16.3. The Morgan fingerprint density at radius 3 is 2.50 bits per heavy atom. The number of hydrogen-bond acceptors (Lipinski definition) is 2. The first-order chi connectivity index (χ1) is 11.7. The van der Waals surface area contributed by atoms with E-state index in [9.17, 15) is 9.90 Å². The van der Waals surface area contributed by atoms with Crippen LogP contribution in [0.4, 0.5) is 0 Å². The number of rotatable bonds is 3. The fraction of sp³-hybridized carbons (Fsp3) is 0.571. The number of amides is 1. The van der Waals surface area contributed by atoms with Crippen LogP contribution in [0.5, 0.6) is 0 Å². The normalized spacial score (nSPS) is 28.7. The lowest BCUT2D eigenvalue weighted by Crippen LogP contribution is -2.43. The molecule has 2 aliphatic rings. The van der Waals surface area contributed by atoms with Crippen LogP contribution < -0.4 is 0 Å². The fourth-order valence-electron chi connectivity index (χ4n) is 3.95. The Morgan fingerprint density at radius 2 is 1.75 bits per heavy atom. The molecule has 0 bridgehead atoms. The largest absolute Gasteiger partial charge is 0.393 e. The molecule has 1 N–H and O–H groups in total. The third-order valence-corrected chi connectivity index (χ3v) is 5.44. The van der Waals surface area contributed by atoms with Crippen molar-refractivity contribution in [2.75, 3.05) is 6.54 Å². The van der Waals surface area contributed by atoms with Gasteiger partial charge in [-0.25, -0.2) is 0 Å². The summed E-state index contributed by atoms with van der Waals surface area (Å²) in [5.74, 6) is 0.422. The molecular weight excluding hydrogens is 298 g/mol. The summed E-state index contributed by atoms with van der Waals surface area (Å²) in [6, 6.07) is 10.5. The minimum absolute atomic E-state index is 0.110. The number of carbonyl (C=O) groups is 1. The van der Waals surface area contributed by atoms with Gasteiger partial charge >= 0.3 is 0 Å². The molecule has 0 radical (unpaired) electrons. The van der Waals surface area contributed by atoms with E-state index in [-0.39, 0.29) is 18.1 Å². The topological polar surface area (TPSA) is 40.5 Å². The van der Waals surface area contributed by atoms with E-state index in [4.69, 9.17) is 0 Å². The third kappa shape index (κ3) is 4.47. The quantitative estimate of drug-likeness (QED) is 0.911. The van der Waals surface area contributed by atoms with E-state index < -0.39 is 0 Å². The number of benzene rings is 1. The summed E-state index contributed by atoms with van der Waals surface area (Å²) in [6.07, 6.45) is 12.0. The highest BCUT2D eigenvalue weighted by molar-refractivity contribution is 5.79. The molecule has 3 rings (SSSR count). The predicted molar refractivity (Wildman–Crippen MR) is 97.4 cm³/mol. The van der Waals surface area contributed by atoms with Crippen molar-refractivity contribution in [3.05, 3.63) is 42.0 Å². The molecule has 1 aromatic rings. The van der Waals surface area contributed by atoms with Gasteiger partial charge in [-0.2, -0.15) is 0 Å². The van der Waals surface area contributed by atoms with Gasteiger partial charge in [0, 0.05) is 12.5 Å². The van der Waals surface area contributed by atoms with E-state index >= 15 is 0 Å². The Bertz CT molecular complexity index is 546. The molecule has 3 heteroatoms. The molecule has 1 saturated carbocycles. The van der Waals surface area contributed by atoms with Crippen molar-refractivity contribution < 1.29 is 9.90 Å². The summed E-state index contributed by atoms with van der Waals surface area (Å²) in [7, 11) is 0. The Balaban J connectivity index is 1.70. The van der Waals surface area contributed by atoms with Crippen LogP contribution in [-0.2, 0) is 4.79 Å². The molecule has 24 heavy (non-hydrogen) atoms. The van der Waals surface area contributed by atoms with Crippen LogP contribution in [0.2, 0.25) is 0 Å². The van der Waals surface area contributed by atoms with Gasteiger partial charge in [0.05, 0.1) is 12.1 Å². The van der Waals surface area contributed by atoms with Gasteiger partial charge < -0.3 is 10.0 Å². The number of likely N-dealkylation sites (tertiary alicyclic amines) is 1. The maximum Gasteiger partial charge on any atom is 0.226 e. The monoisotopic (exact) mass is 327 g/mol. The zero-order valence-corrected chi connectivity index (χ0v) is 14.4. The first-order valence-corrected chi connectivity index (χ1v) is 9.46. The fourth-order valence-corrected chi connectivity index (χ4v) is 3.95. The predicted octanol–water partition coefficient (Wildman–Crippen LogP) is 4.02. The first kappa shape index (κ1) is 17.2. The van der Waals surface area contributed by atoms with E-state index in [0.717, 1.165) is 45.1 Å². The Kier molecular flexibility index (Phi) is 6.08. The molecule has 3 nitrogen and oxygen atoms in total. The number of aliphatic hydroxyl groups is 1. The maximum atomic E-state index is 13.0. The van der Waals surface area contributed by atoms with Crippen molar-refractivity contribution in [2.24, 2.45) is 5.92 Å². The summed E-state index contributed by atoms with van der Waals surface area (Å²) in [6.45, 7) is 0.877. The summed E-state index contributed by atoms with van der Waals surface area (Å²) in [5, 5.41) is 9.69. The number of nitrogens with zero attached hydrogens (tertiary/aromatic N) is 1. The van der Waals surface area contributed by atoms with Crippen molar-refractivity contribution >= 4 is 12.0 Å². The van der Waals surface area contributed by atoms with Gasteiger partial charge in [0.2, 0.25) is 5.91 Å². The second-order valence-corrected chi connectivity index (χ2v) is 7.22. The van der Waals surface area contributed by atoms with Crippen LogP contribution in [-0.4, -0.2) is 34.6 Å². The lowest BCUT2D eigenvalue weighted by molar-refractivity contribution is -0.138. The molecular formula is C21H29NO2. The number of carbonyl (C=O) groups excluding carboxylic acids is 1. The standard InChI is InChI=1S/C21H29NO2/c23-20-14-11-18(12-15-20)21(24)22-16-6-2-5-9-19(22)13-10-17-7-3-1-4-8-17/h1,3-4,7-8,10,13,18-20,23H,2,5-6,9,11-12,14-16H2/b13-10+/t18?,19-,20?/m0/s1. The van der Waals surface area contributed by atoms with Crippen LogP contribution in [0.15, 0.2) is 36.4 Å². The summed E-state index contributed by atoms with van der Waals surface area (Å²) < 4.78 is 0. The van der Waals surface area contributed by atoms with Crippen LogP contribution in [0, 0.1) is 5.92 Å². The molecule has 1 saturated heterocycles. The van der Waals surface area contributed by atoms with Crippen molar-refractivity contribution in [3.63, 3.8) is 0 Å². The molecule has 0 aromatic heterocycles. The zero-order chi connectivity index (χ0) is 16.8. The highest BCUT2D eigenvalue weighted by Crippen LogP contribution is 2.29.